The average Bonchev–Trinajstić information content (AvgIpc) is 3.17. The Balaban J connectivity index is 1.87. The molecule has 0 aliphatic rings. The van der Waals surface area contributed by atoms with Crippen LogP contribution in [0.15, 0.2) is 58.5 Å². The van der Waals surface area contributed by atoms with Crippen LogP contribution in [0.2, 0.25) is 10.0 Å². The number of nitriles is 1. The first-order chi connectivity index (χ1) is 14.3. The van der Waals surface area contributed by atoms with E-state index in [1.54, 1.807) is 49.4 Å². The number of rotatable bonds is 5. The van der Waals surface area contributed by atoms with Gasteiger partial charge in [0, 0.05) is 22.7 Å². The van der Waals surface area contributed by atoms with Crippen LogP contribution in [0.1, 0.15) is 11.3 Å². The monoisotopic (exact) mass is 441 g/mol. The highest BCUT2D eigenvalue weighted by Gasteiger charge is 2.19. The van der Waals surface area contributed by atoms with Crippen LogP contribution in [0.25, 0.3) is 17.4 Å². The van der Waals surface area contributed by atoms with Gasteiger partial charge in [0.15, 0.2) is 0 Å². The van der Waals surface area contributed by atoms with Crippen LogP contribution >= 0.6 is 23.2 Å². The van der Waals surface area contributed by atoms with Crippen molar-refractivity contribution >= 4 is 46.6 Å². The van der Waals surface area contributed by atoms with E-state index in [0.29, 0.717) is 26.9 Å². The summed E-state index contributed by atoms with van der Waals surface area (Å²) in [6.07, 6.45) is 1.23. The molecule has 0 atom stereocenters. The lowest BCUT2D eigenvalue weighted by Gasteiger charge is -2.06. The van der Waals surface area contributed by atoms with E-state index >= 15 is 0 Å². The molecule has 1 aromatic heterocycles. The van der Waals surface area contributed by atoms with Crippen molar-refractivity contribution in [2.24, 2.45) is 0 Å². The number of halogens is 2. The summed E-state index contributed by atoms with van der Waals surface area (Å²) in [6.45, 7) is 1.69. The normalized spacial score (nSPS) is 11.1. The number of nitrogens with zero attached hydrogens (tertiary/aromatic N) is 2. The summed E-state index contributed by atoms with van der Waals surface area (Å²) in [5.74, 6) is -0.171. The van der Waals surface area contributed by atoms with Gasteiger partial charge in [0.1, 0.15) is 28.9 Å². The maximum atomic E-state index is 12.5. The van der Waals surface area contributed by atoms with Crippen molar-refractivity contribution in [3.63, 3.8) is 0 Å². The highest BCUT2D eigenvalue weighted by Crippen LogP contribution is 2.32. The number of nitro benzene ring substituents is 1. The van der Waals surface area contributed by atoms with Gasteiger partial charge in [-0.2, -0.15) is 5.26 Å². The van der Waals surface area contributed by atoms with E-state index in [1.807, 2.05) is 0 Å². The molecule has 2 aromatic carbocycles. The Kier molecular flexibility index (Phi) is 6.21. The molecule has 0 bridgehead atoms. The molecule has 0 saturated heterocycles. The fourth-order valence-corrected chi connectivity index (χ4v) is 3.02. The number of anilines is 1. The van der Waals surface area contributed by atoms with Crippen molar-refractivity contribution in [2.75, 3.05) is 5.32 Å². The fourth-order valence-electron chi connectivity index (χ4n) is 2.64. The SMILES string of the molecule is Cc1ccc(NC(=O)/C(C#N)=C/c2ccc(-c3cc(Cl)ccc3Cl)o2)c([N+](=O)[O-])c1. The second-order valence-corrected chi connectivity index (χ2v) is 7.07. The van der Waals surface area contributed by atoms with Crippen LogP contribution in [0.3, 0.4) is 0 Å². The van der Waals surface area contributed by atoms with Gasteiger partial charge in [-0.1, -0.05) is 29.3 Å². The number of amides is 1. The summed E-state index contributed by atoms with van der Waals surface area (Å²) in [5, 5.41) is 23.9. The molecule has 0 aliphatic carbocycles. The molecule has 0 fully saturated rings. The zero-order valence-electron chi connectivity index (χ0n) is 15.5. The van der Waals surface area contributed by atoms with Crippen LogP contribution < -0.4 is 5.32 Å². The first-order valence-electron chi connectivity index (χ1n) is 8.52. The first kappa shape index (κ1) is 21.1. The highest BCUT2D eigenvalue weighted by atomic mass is 35.5. The topological polar surface area (TPSA) is 109 Å². The Morgan fingerprint density at radius 1 is 1.20 bits per heavy atom. The summed E-state index contributed by atoms with van der Waals surface area (Å²) in [7, 11) is 0. The van der Waals surface area contributed by atoms with E-state index in [1.165, 1.54) is 18.2 Å². The van der Waals surface area contributed by atoms with Crippen LogP contribution in [-0.2, 0) is 4.79 Å². The van der Waals surface area contributed by atoms with Crippen LogP contribution in [0, 0.1) is 28.4 Å². The predicted octanol–water partition coefficient (Wildman–Crippen LogP) is 6.02. The summed E-state index contributed by atoms with van der Waals surface area (Å²) in [6, 6.07) is 14.2. The van der Waals surface area contributed by atoms with Crippen molar-refractivity contribution in [1.29, 1.82) is 5.26 Å². The Labute approximate surface area is 181 Å². The molecule has 30 heavy (non-hydrogen) atoms. The molecule has 3 rings (SSSR count). The third-order valence-electron chi connectivity index (χ3n) is 4.07. The van der Waals surface area contributed by atoms with Crippen molar-refractivity contribution in [3.8, 4) is 17.4 Å². The number of furan rings is 1. The molecule has 1 heterocycles. The van der Waals surface area contributed by atoms with E-state index < -0.39 is 10.8 Å². The second kappa shape index (κ2) is 8.82. The van der Waals surface area contributed by atoms with E-state index in [4.69, 9.17) is 27.6 Å². The average molecular weight is 442 g/mol. The van der Waals surface area contributed by atoms with Gasteiger partial charge in [-0.25, -0.2) is 0 Å². The molecule has 0 saturated carbocycles. The van der Waals surface area contributed by atoms with E-state index in [0.717, 1.165) is 0 Å². The highest BCUT2D eigenvalue weighted by molar-refractivity contribution is 6.35. The molecule has 1 amide bonds. The van der Waals surface area contributed by atoms with Crippen LogP contribution in [0.4, 0.5) is 11.4 Å². The molecule has 9 heteroatoms. The summed E-state index contributed by atoms with van der Waals surface area (Å²) in [4.78, 5) is 23.1. The molecule has 1 N–H and O–H groups in total. The zero-order chi connectivity index (χ0) is 21.8. The molecule has 7 nitrogen and oxygen atoms in total. The second-order valence-electron chi connectivity index (χ2n) is 6.23. The molecule has 0 unspecified atom stereocenters. The van der Waals surface area contributed by atoms with Gasteiger partial charge in [-0.15, -0.1) is 0 Å². The Morgan fingerprint density at radius 2 is 1.97 bits per heavy atom. The third kappa shape index (κ3) is 4.69. The molecular formula is C21H13Cl2N3O4. The lowest BCUT2D eigenvalue weighted by molar-refractivity contribution is -0.384. The standard InChI is InChI=1S/C21H13Cl2N3O4/c1-12-2-6-18(19(8-12)26(28)29)25-21(27)13(11-24)9-15-4-7-20(30-15)16-10-14(22)3-5-17(16)23/h2-10H,1H3,(H,25,27)/b13-9+. The smallest absolute Gasteiger partial charge is 0.293 e. The largest absolute Gasteiger partial charge is 0.457 e. The Bertz CT molecular complexity index is 1230. The number of carbonyl (C=O) groups excluding carboxylic acids is 1. The molecular weight excluding hydrogens is 429 g/mol. The van der Waals surface area contributed by atoms with Crippen LogP contribution in [0.5, 0.6) is 0 Å². The number of hydrogen-bond donors (Lipinski definition) is 1. The van der Waals surface area contributed by atoms with Crippen molar-refractivity contribution in [3.05, 3.63) is 85.6 Å². The number of aryl methyl sites for hydroxylation is 1. The number of nitro groups is 1. The summed E-state index contributed by atoms with van der Waals surface area (Å²) < 4.78 is 5.66. The van der Waals surface area contributed by atoms with Gasteiger partial charge in [0.2, 0.25) is 0 Å². The Hall–Kier alpha value is -3.60. The predicted molar refractivity (Wildman–Crippen MR) is 114 cm³/mol. The minimum absolute atomic E-state index is 0.0115. The quantitative estimate of drug-likeness (QED) is 0.225. The van der Waals surface area contributed by atoms with Crippen LogP contribution in [-0.4, -0.2) is 10.8 Å². The van der Waals surface area contributed by atoms with E-state index in [2.05, 4.69) is 5.32 Å². The molecule has 0 aliphatic heterocycles. The van der Waals surface area contributed by atoms with Gasteiger partial charge in [0.25, 0.3) is 11.6 Å². The fraction of sp³-hybridized carbons (Fsp3) is 0.0476. The minimum atomic E-state index is -0.803. The Morgan fingerprint density at radius 3 is 2.67 bits per heavy atom. The minimum Gasteiger partial charge on any atom is -0.457 e. The maximum absolute atomic E-state index is 12.5. The van der Waals surface area contributed by atoms with E-state index in [-0.39, 0.29) is 22.7 Å². The van der Waals surface area contributed by atoms with E-state index in [9.17, 15) is 20.2 Å². The van der Waals surface area contributed by atoms with Crippen molar-refractivity contribution in [2.45, 2.75) is 6.92 Å². The lowest BCUT2D eigenvalue weighted by Crippen LogP contribution is -2.14. The molecule has 0 spiro atoms. The molecule has 3 aromatic rings. The summed E-state index contributed by atoms with van der Waals surface area (Å²) >= 11 is 12.1. The van der Waals surface area contributed by atoms with Gasteiger partial charge in [-0.3, -0.25) is 14.9 Å². The van der Waals surface area contributed by atoms with Crippen molar-refractivity contribution in [1.82, 2.24) is 0 Å². The zero-order valence-corrected chi connectivity index (χ0v) is 17.0. The number of carbonyl (C=O) groups is 1. The maximum Gasteiger partial charge on any atom is 0.293 e. The van der Waals surface area contributed by atoms with Gasteiger partial charge in [0.05, 0.1) is 9.95 Å². The van der Waals surface area contributed by atoms with Crippen molar-refractivity contribution < 1.29 is 14.1 Å². The van der Waals surface area contributed by atoms with Gasteiger partial charge in [-0.05, 0) is 48.9 Å². The summed E-state index contributed by atoms with van der Waals surface area (Å²) in [5.41, 5.74) is 0.655. The third-order valence-corrected chi connectivity index (χ3v) is 4.64. The lowest BCUT2D eigenvalue weighted by atomic mass is 10.1. The van der Waals surface area contributed by atoms with Gasteiger partial charge < -0.3 is 9.73 Å². The van der Waals surface area contributed by atoms with Gasteiger partial charge >= 0.3 is 0 Å². The number of nitrogens with one attached hydrogen (secondary N) is 1. The number of benzene rings is 2. The molecule has 150 valence electrons. The molecule has 0 radical (unpaired) electrons. The number of hydrogen-bond acceptors (Lipinski definition) is 5. The first-order valence-corrected chi connectivity index (χ1v) is 9.27.